The van der Waals surface area contributed by atoms with E-state index in [4.69, 9.17) is 9.84 Å². The number of carbonyl (C=O) groups is 1. The molecule has 0 saturated carbocycles. The van der Waals surface area contributed by atoms with Crippen molar-refractivity contribution in [2.24, 2.45) is 0 Å². The minimum atomic E-state index is 0.165. The van der Waals surface area contributed by atoms with Gasteiger partial charge < -0.3 is 9.64 Å². The Labute approximate surface area is 156 Å². The molecule has 3 aliphatic rings. The lowest BCUT2D eigenvalue weighted by Crippen LogP contribution is -2.46. The molecule has 0 unspecified atom stereocenters. The maximum Gasteiger partial charge on any atom is 0.274 e. The molecule has 0 bridgehead atoms. The number of ether oxygens (including phenoxy) is 1. The second-order valence-electron chi connectivity index (χ2n) is 7.84. The van der Waals surface area contributed by atoms with Gasteiger partial charge in [-0.3, -0.25) is 14.4 Å². The Morgan fingerprint density at radius 3 is 2.54 bits per heavy atom. The molecular weight excluding hydrogens is 328 g/mol. The molecule has 1 amide bonds. The number of hydrogen-bond donors (Lipinski definition) is 0. The Kier molecular flexibility index (Phi) is 5.60. The molecule has 26 heavy (non-hydrogen) atoms. The van der Waals surface area contributed by atoms with E-state index in [1.165, 1.54) is 24.1 Å². The van der Waals surface area contributed by atoms with Gasteiger partial charge in [-0.15, -0.1) is 0 Å². The molecule has 1 aromatic rings. The van der Waals surface area contributed by atoms with Crippen LogP contribution in [-0.4, -0.2) is 70.9 Å². The smallest absolute Gasteiger partial charge is 0.274 e. The number of aromatic nitrogens is 2. The minimum absolute atomic E-state index is 0.165. The van der Waals surface area contributed by atoms with Gasteiger partial charge in [-0.2, -0.15) is 5.10 Å². The van der Waals surface area contributed by atoms with E-state index in [-0.39, 0.29) is 5.91 Å². The van der Waals surface area contributed by atoms with Crippen LogP contribution in [0.25, 0.3) is 0 Å². The summed E-state index contributed by atoms with van der Waals surface area (Å²) < 4.78 is 7.60. The highest BCUT2D eigenvalue weighted by Gasteiger charge is 2.33. The van der Waals surface area contributed by atoms with Gasteiger partial charge in [-0.25, -0.2) is 0 Å². The zero-order valence-corrected chi connectivity index (χ0v) is 16.1. The standard InChI is InChI=1S/C20H32N4O2/c1-2-24-18-8-7-16(22-11-13-26-14-12-22)15-17(18)19(21-24)20(25)23-9-5-3-4-6-10-23/h16H,2-15H2,1H3/t16-/m1/s1. The van der Waals surface area contributed by atoms with Gasteiger partial charge in [0.1, 0.15) is 0 Å². The van der Waals surface area contributed by atoms with E-state index in [1.54, 1.807) is 0 Å². The van der Waals surface area contributed by atoms with Crippen LogP contribution in [-0.2, 0) is 24.1 Å². The third kappa shape index (κ3) is 3.54. The number of morpholine rings is 1. The highest BCUT2D eigenvalue weighted by atomic mass is 16.5. The highest BCUT2D eigenvalue weighted by Crippen LogP contribution is 2.29. The Balaban J connectivity index is 1.58. The lowest BCUT2D eigenvalue weighted by atomic mass is 9.89. The molecule has 0 spiro atoms. The van der Waals surface area contributed by atoms with E-state index < -0.39 is 0 Å². The summed E-state index contributed by atoms with van der Waals surface area (Å²) in [6, 6.07) is 0.525. The quantitative estimate of drug-likeness (QED) is 0.828. The number of likely N-dealkylation sites (tertiary alicyclic amines) is 1. The number of carbonyl (C=O) groups excluding carboxylic acids is 1. The van der Waals surface area contributed by atoms with Crippen LogP contribution in [0.3, 0.4) is 0 Å². The fraction of sp³-hybridized carbons (Fsp3) is 0.800. The molecule has 1 atom stereocenters. The molecule has 1 aliphatic carbocycles. The van der Waals surface area contributed by atoms with Crippen molar-refractivity contribution in [3.8, 4) is 0 Å². The fourth-order valence-electron chi connectivity index (χ4n) is 4.78. The minimum Gasteiger partial charge on any atom is -0.379 e. The van der Waals surface area contributed by atoms with Crippen LogP contribution in [0.2, 0.25) is 0 Å². The molecule has 6 heteroatoms. The fourth-order valence-corrected chi connectivity index (χ4v) is 4.78. The molecule has 2 saturated heterocycles. The van der Waals surface area contributed by atoms with Crippen LogP contribution < -0.4 is 0 Å². The number of rotatable bonds is 3. The van der Waals surface area contributed by atoms with Gasteiger partial charge in [0.05, 0.1) is 13.2 Å². The summed E-state index contributed by atoms with van der Waals surface area (Å²) in [6.07, 6.45) is 7.89. The largest absolute Gasteiger partial charge is 0.379 e. The molecule has 4 rings (SSSR count). The van der Waals surface area contributed by atoms with Gasteiger partial charge in [-0.1, -0.05) is 12.8 Å². The van der Waals surface area contributed by atoms with Crippen LogP contribution in [0.4, 0.5) is 0 Å². The normalized spacial score (nSPS) is 25.0. The van der Waals surface area contributed by atoms with Gasteiger partial charge in [0.15, 0.2) is 5.69 Å². The van der Waals surface area contributed by atoms with E-state index in [2.05, 4.69) is 16.5 Å². The van der Waals surface area contributed by atoms with Crippen LogP contribution >= 0.6 is 0 Å². The molecule has 2 aliphatic heterocycles. The first kappa shape index (κ1) is 18.0. The van der Waals surface area contributed by atoms with Gasteiger partial charge >= 0.3 is 0 Å². The predicted molar refractivity (Wildman–Crippen MR) is 100 cm³/mol. The topological polar surface area (TPSA) is 50.6 Å². The number of fused-ring (bicyclic) bond motifs is 1. The molecule has 2 fully saturated rings. The third-order valence-electron chi connectivity index (χ3n) is 6.28. The molecule has 1 aromatic heterocycles. The second kappa shape index (κ2) is 8.09. The molecule has 0 aromatic carbocycles. The lowest BCUT2D eigenvalue weighted by Gasteiger charge is -2.36. The second-order valence-corrected chi connectivity index (χ2v) is 7.84. The molecular formula is C20H32N4O2. The van der Waals surface area contributed by atoms with E-state index in [1.807, 2.05) is 4.90 Å². The van der Waals surface area contributed by atoms with Crippen molar-refractivity contribution in [2.45, 2.75) is 64.5 Å². The van der Waals surface area contributed by atoms with Crippen LogP contribution in [0, 0.1) is 0 Å². The van der Waals surface area contributed by atoms with Crippen molar-refractivity contribution in [1.82, 2.24) is 19.6 Å². The third-order valence-corrected chi connectivity index (χ3v) is 6.28. The van der Waals surface area contributed by atoms with Gasteiger partial charge in [0.25, 0.3) is 5.91 Å². The van der Waals surface area contributed by atoms with Crippen LogP contribution in [0.5, 0.6) is 0 Å². The summed E-state index contributed by atoms with van der Waals surface area (Å²) in [4.78, 5) is 17.9. The highest BCUT2D eigenvalue weighted by molar-refractivity contribution is 5.94. The van der Waals surface area contributed by atoms with E-state index in [0.29, 0.717) is 6.04 Å². The summed E-state index contributed by atoms with van der Waals surface area (Å²) in [5.41, 5.74) is 3.26. The van der Waals surface area contributed by atoms with E-state index in [9.17, 15) is 4.79 Å². The van der Waals surface area contributed by atoms with Crippen molar-refractivity contribution in [1.29, 1.82) is 0 Å². The van der Waals surface area contributed by atoms with Gasteiger partial charge in [0.2, 0.25) is 0 Å². The van der Waals surface area contributed by atoms with Crippen molar-refractivity contribution in [3.05, 3.63) is 17.0 Å². The van der Waals surface area contributed by atoms with Gasteiger partial charge in [0, 0.05) is 50.0 Å². The summed E-state index contributed by atoms with van der Waals surface area (Å²) >= 11 is 0. The Morgan fingerprint density at radius 2 is 1.85 bits per heavy atom. The molecule has 0 radical (unpaired) electrons. The maximum atomic E-state index is 13.3. The first-order valence-electron chi connectivity index (χ1n) is 10.5. The zero-order valence-electron chi connectivity index (χ0n) is 16.1. The number of nitrogens with zero attached hydrogens (tertiary/aromatic N) is 4. The summed E-state index contributed by atoms with van der Waals surface area (Å²) in [5, 5.41) is 4.78. The van der Waals surface area contributed by atoms with Crippen molar-refractivity contribution >= 4 is 5.91 Å². The van der Waals surface area contributed by atoms with Crippen molar-refractivity contribution in [2.75, 3.05) is 39.4 Å². The Bertz CT molecular complexity index is 628. The lowest BCUT2D eigenvalue weighted by molar-refractivity contribution is 0.0135. The average Bonchev–Trinajstić information content (AvgIpc) is 2.86. The van der Waals surface area contributed by atoms with Crippen molar-refractivity contribution in [3.63, 3.8) is 0 Å². The maximum absolute atomic E-state index is 13.3. The predicted octanol–water partition coefficient (Wildman–Crippen LogP) is 2.11. The molecule has 0 N–H and O–H groups in total. The zero-order chi connectivity index (χ0) is 17.9. The van der Waals surface area contributed by atoms with Crippen molar-refractivity contribution < 1.29 is 9.53 Å². The number of aryl methyl sites for hydroxylation is 1. The summed E-state index contributed by atoms with van der Waals surface area (Å²) in [6.45, 7) is 8.43. The van der Waals surface area contributed by atoms with E-state index >= 15 is 0 Å². The number of hydrogen-bond acceptors (Lipinski definition) is 4. The molecule has 3 heterocycles. The summed E-state index contributed by atoms with van der Waals surface area (Å²) in [5.74, 6) is 0.165. The van der Waals surface area contributed by atoms with Crippen LogP contribution in [0.1, 0.15) is 60.8 Å². The first-order valence-corrected chi connectivity index (χ1v) is 10.5. The van der Waals surface area contributed by atoms with E-state index in [0.717, 1.165) is 83.7 Å². The van der Waals surface area contributed by atoms with Crippen LogP contribution in [0.15, 0.2) is 0 Å². The van der Waals surface area contributed by atoms with Gasteiger partial charge in [-0.05, 0) is 39.0 Å². The number of amides is 1. The summed E-state index contributed by atoms with van der Waals surface area (Å²) in [7, 11) is 0. The monoisotopic (exact) mass is 360 g/mol. The molecule has 144 valence electrons. The molecule has 6 nitrogen and oxygen atoms in total. The Hall–Kier alpha value is -1.40. The Morgan fingerprint density at radius 1 is 1.12 bits per heavy atom. The SMILES string of the molecule is CCn1nc(C(=O)N2CCCCCC2)c2c1CC[C@@H](N1CCOCC1)C2. The first-order chi connectivity index (χ1) is 12.8. The average molecular weight is 361 g/mol.